The molecule has 1 aromatic rings. The summed E-state index contributed by atoms with van der Waals surface area (Å²) in [7, 11) is 1.30. The van der Waals surface area contributed by atoms with E-state index in [4.69, 9.17) is 9.84 Å². The van der Waals surface area contributed by atoms with Gasteiger partial charge in [0.1, 0.15) is 11.3 Å². The maximum atomic E-state index is 11.8. The van der Waals surface area contributed by atoms with Crippen LogP contribution >= 0.6 is 0 Å². The van der Waals surface area contributed by atoms with Gasteiger partial charge < -0.3 is 19.9 Å². The highest BCUT2D eigenvalue weighted by atomic mass is 16.5. The van der Waals surface area contributed by atoms with Gasteiger partial charge in [0.15, 0.2) is 6.61 Å². The molecule has 0 unspecified atom stereocenters. The van der Waals surface area contributed by atoms with Crippen LogP contribution < -0.4 is 10.1 Å². The average Bonchev–Trinajstić information content (AvgIpc) is 2.61. The molecule has 0 bridgehead atoms. The van der Waals surface area contributed by atoms with Gasteiger partial charge in [-0.25, -0.2) is 4.79 Å². The fourth-order valence-corrected chi connectivity index (χ4v) is 2.24. The van der Waals surface area contributed by atoms with Crippen molar-refractivity contribution in [2.75, 3.05) is 26.9 Å². The van der Waals surface area contributed by atoms with Crippen LogP contribution in [0.1, 0.15) is 48.9 Å². The van der Waals surface area contributed by atoms with Crippen LogP contribution in [0.2, 0.25) is 0 Å². The lowest BCUT2D eigenvalue weighted by atomic mass is 10.1. The van der Waals surface area contributed by atoms with E-state index >= 15 is 0 Å². The molecule has 0 aliphatic carbocycles. The number of rotatable bonds is 12. The number of carbonyl (C=O) groups is 2. The van der Waals surface area contributed by atoms with E-state index in [0.29, 0.717) is 17.9 Å². The quantitative estimate of drug-likeness (QED) is 0.451. The van der Waals surface area contributed by atoms with E-state index in [9.17, 15) is 9.59 Å². The summed E-state index contributed by atoms with van der Waals surface area (Å²) < 4.78 is 10.1. The predicted octanol–water partition coefficient (Wildman–Crippen LogP) is 2.30. The molecule has 2 N–H and O–H groups in total. The third-order valence-electron chi connectivity index (χ3n) is 3.56. The van der Waals surface area contributed by atoms with Crippen LogP contribution in [-0.2, 0) is 9.53 Å². The molecule has 1 amide bonds. The second-order valence-corrected chi connectivity index (χ2v) is 5.47. The van der Waals surface area contributed by atoms with Gasteiger partial charge in [0.2, 0.25) is 0 Å². The average molecular weight is 337 g/mol. The van der Waals surface area contributed by atoms with E-state index in [2.05, 4.69) is 10.1 Å². The number of carbonyl (C=O) groups excluding carboxylic acids is 2. The van der Waals surface area contributed by atoms with Crippen LogP contribution in [0, 0.1) is 0 Å². The fourth-order valence-electron chi connectivity index (χ4n) is 2.24. The van der Waals surface area contributed by atoms with Gasteiger partial charge in [-0.05, 0) is 25.0 Å². The van der Waals surface area contributed by atoms with Crippen molar-refractivity contribution in [2.24, 2.45) is 0 Å². The Balaban J connectivity index is 2.19. The highest BCUT2D eigenvalue weighted by molar-refractivity contribution is 5.92. The van der Waals surface area contributed by atoms with Gasteiger partial charge in [-0.1, -0.05) is 37.8 Å². The molecule has 6 nitrogen and oxygen atoms in total. The van der Waals surface area contributed by atoms with Crippen LogP contribution in [0.3, 0.4) is 0 Å². The molecular formula is C18H27NO5. The topological polar surface area (TPSA) is 84.9 Å². The Morgan fingerprint density at radius 3 is 2.42 bits per heavy atom. The van der Waals surface area contributed by atoms with E-state index < -0.39 is 5.97 Å². The van der Waals surface area contributed by atoms with E-state index in [1.165, 1.54) is 7.11 Å². The van der Waals surface area contributed by atoms with Crippen LogP contribution in [0.25, 0.3) is 0 Å². The molecular weight excluding hydrogens is 310 g/mol. The van der Waals surface area contributed by atoms with Gasteiger partial charge in [-0.15, -0.1) is 0 Å². The number of amides is 1. The number of unbranched alkanes of at least 4 members (excludes halogenated alkanes) is 5. The first-order chi connectivity index (χ1) is 11.7. The molecule has 0 saturated carbocycles. The van der Waals surface area contributed by atoms with E-state index in [1.54, 1.807) is 24.3 Å². The maximum Gasteiger partial charge on any atom is 0.341 e. The van der Waals surface area contributed by atoms with Crippen molar-refractivity contribution in [3.05, 3.63) is 29.8 Å². The Kier molecular flexibility index (Phi) is 10.3. The van der Waals surface area contributed by atoms with Crippen molar-refractivity contribution in [2.45, 2.75) is 38.5 Å². The summed E-state index contributed by atoms with van der Waals surface area (Å²) in [6.07, 6.45) is 6.11. The molecule has 0 aliphatic rings. The first-order valence-electron chi connectivity index (χ1n) is 8.36. The molecule has 134 valence electrons. The Labute approximate surface area is 143 Å². The van der Waals surface area contributed by atoms with Crippen molar-refractivity contribution in [3.8, 4) is 5.75 Å². The smallest absolute Gasteiger partial charge is 0.341 e. The second-order valence-electron chi connectivity index (χ2n) is 5.47. The van der Waals surface area contributed by atoms with Crippen molar-refractivity contribution in [1.82, 2.24) is 5.32 Å². The highest BCUT2D eigenvalue weighted by Gasteiger charge is 2.13. The Morgan fingerprint density at radius 1 is 1.04 bits per heavy atom. The fraction of sp³-hybridized carbons (Fsp3) is 0.556. The standard InChI is InChI=1S/C18H27NO5/c1-23-18(22)15-10-6-7-11-16(15)24-14-17(21)19-12-8-4-2-3-5-9-13-20/h6-7,10-11,20H,2-5,8-9,12-14H2,1H3,(H,19,21). The normalized spacial score (nSPS) is 10.2. The molecule has 0 aliphatic heterocycles. The number of hydrogen-bond donors (Lipinski definition) is 2. The molecule has 0 radical (unpaired) electrons. The number of aliphatic hydroxyl groups is 1. The Hall–Kier alpha value is -2.08. The zero-order chi connectivity index (χ0) is 17.6. The molecule has 0 aromatic heterocycles. The number of methoxy groups -OCH3 is 1. The molecule has 0 spiro atoms. The van der Waals surface area contributed by atoms with Crippen LogP contribution in [0.15, 0.2) is 24.3 Å². The molecule has 0 fully saturated rings. The van der Waals surface area contributed by atoms with E-state index in [1.807, 2.05) is 0 Å². The highest BCUT2D eigenvalue weighted by Crippen LogP contribution is 2.18. The molecule has 1 aromatic carbocycles. The van der Waals surface area contributed by atoms with Crippen molar-refractivity contribution < 1.29 is 24.2 Å². The Morgan fingerprint density at radius 2 is 1.71 bits per heavy atom. The summed E-state index contributed by atoms with van der Waals surface area (Å²) >= 11 is 0. The first-order valence-corrected chi connectivity index (χ1v) is 8.36. The molecule has 0 heterocycles. The number of ether oxygens (including phenoxy) is 2. The lowest BCUT2D eigenvalue weighted by Gasteiger charge is -2.10. The lowest BCUT2D eigenvalue weighted by molar-refractivity contribution is -0.123. The largest absolute Gasteiger partial charge is 0.483 e. The van der Waals surface area contributed by atoms with Gasteiger partial charge in [-0.2, -0.15) is 0 Å². The minimum Gasteiger partial charge on any atom is -0.483 e. The first kappa shape index (κ1) is 20.0. The molecule has 0 atom stereocenters. The Bertz CT molecular complexity index is 504. The van der Waals surface area contributed by atoms with Crippen molar-refractivity contribution in [3.63, 3.8) is 0 Å². The number of para-hydroxylation sites is 1. The summed E-state index contributed by atoms with van der Waals surface area (Å²) in [4.78, 5) is 23.4. The van der Waals surface area contributed by atoms with Crippen LogP contribution in [-0.4, -0.2) is 43.9 Å². The van der Waals surface area contributed by atoms with Gasteiger partial charge in [-0.3, -0.25) is 4.79 Å². The monoisotopic (exact) mass is 337 g/mol. The summed E-state index contributed by atoms with van der Waals surface area (Å²) in [6, 6.07) is 6.66. The van der Waals surface area contributed by atoms with Gasteiger partial charge >= 0.3 is 5.97 Å². The van der Waals surface area contributed by atoms with Crippen molar-refractivity contribution >= 4 is 11.9 Å². The lowest BCUT2D eigenvalue weighted by Crippen LogP contribution is -2.29. The number of hydrogen-bond acceptors (Lipinski definition) is 5. The van der Waals surface area contributed by atoms with Gasteiger partial charge in [0.05, 0.1) is 7.11 Å². The van der Waals surface area contributed by atoms with Gasteiger partial charge in [0.25, 0.3) is 5.91 Å². The summed E-state index contributed by atoms with van der Waals surface area (Å²) in [6.45, 7) is 0.737. The predicted molar refractivity (Wildman–Crippen MR) is 91.1 cm³/mol. The zero-order valence-corrected chi connectivity index (χ0v) is 14.3. The number of esters is 1. The molecule has 0 saturated heterocycles. The third-order valence-corrected chi connectivity index (χ3v) is 3.56. The minimum atomic E-state index is -0.493. The van der Waals surface area contributed by atoms with Crippen molar-refractivity contribution in [1.29, 1.82) is 0 Å². The van der Waals surface area contributed by atoms with Gasteiger partial charge in [0, 0.05) is 13.2 Å². The summed E-state index contributed by atoms with van der Waals surface area (Å²) in [5.41, 5.74) is 0.302. The second kappa shape index (κ2) is 12.4. The number of nitrogens with one attached hydrogen (secondary N) is 1. The molecule has 1 rings (SSSR count). The minimum absolute atomic E-state index is 0.134. The summed E-state index contributed by atoms with van der Waals surface area (Å²) in [5.74, 6) is -0.370. The zero-order valence-electron chi connectivity index (χ0n) is 14.3. The van der Waals surface area contributed by atoms with Crippen LogP contribution in [0.4, 0.5) is 0 Å². The third kappa shape index (κ3) is 7.97. The summed E-state index contributed by atoms with van der Waals surface area (Å²) in [5, 5.41) is 11.5. The maximum absolute atomic E-state index is 11.8. The molecule has 24 heavy (non-hydrogen) atoms. The SMILES string of the molecule is COC(=O)c1ccccc1OCC(=O)NCCCCCCCCO. The number of benzene rings is 1. The molecule has 6 heteroatoms. The number of aliphatic hydroxyl groups excluding tert-OH is 1. The van der Waals surface area contributed by atoms with Crippen LogP contribution in [0.5, 0.6) is 5.75 Å². The van der Waals surface area contributed by atoms with E-state index in [0.717, 1.165) is 38.5 Å². The van der Waals surface area contributed by atoms with E-state index in [-0.39, 0.29) is 19.1 Å².